The number of carbonyl (C=O) groups excluding carboxylic acids is 1. The summed E-state index contributed by atoms with van der Waals surface area (Å²) < 4.78 is 0. The Balaban J connectivity index is 2.78. The summed E-state index contributed by atoms with van der Waals surface area (Å²) in [7, 11) is 0. The number of nitrogens with zero attached hydrogens (tertiary/aromatic N) is 1. The summed E-state index contributed by atoms with van der Waals surface area (Å²) in [6.45, 7) is 6.43. The van der Waals surface area contributed by atoms with E-state index in [1.807, 2.05) is 20.8 Å². The first kappa shape index (κ1) is 15.8. The number of carboxylic acids is 1. The van der Waals surface area contributed by atoms with Gasteiger partial charge in [0.2, 0.25) is 0 Å². The minimum atomic E-state index is -0.897. The van der Waals surface area contributed by atoms with E-state index in [9.17, 15) is 14.7 Å². The van der Waals surface area contributed by atoms with Crippen LogP contribution in [-0.4, -0.2) is 40.1 Å². The Bertz CT molecular complexity index is 329. The molecule has 0 radical (unpaired) electrons. The van der Waals surface area contributed by atoms with Crippen LogP contribution < -0.4 is 5.32 Å². The van der Waals surface area contributed by atoms with Crippen LogP contribution in [0.2, 0.25) is 0 Å². The molecule has 1 saturated heterocycles. The second kappa shape index (κ2) is 6.78. The van der Waals surface area contributed by atoms with Gasteiger partial charge in [0, 0.05) is 12.1 Å². The predicted octanol–water partition coefficient (Wildman–Crippen LogP) is 2.60. The van der Waals surface area contributed by atoms with Crippen molar-refractivity contribution in [1.82, 2.24) is 10.2 Å². The van der Waals surface area contributed by atoms with E-state index in [0.29, 0.717) is 13.0 Å². The molecule has 0 aromatic heterocycles. The van der Waals surface area contributed by atoms with Crippen LogP contribution in [-0.2, 0) is 4.79 Å². The molecule has 1 aliphatic rings. The Morgan fingerprint density at radius 1 is 1.26 bits per heavy atom. The molecule has 1 unspecified atom stereocenters. The molecule has 1 rings (SSSR count). The monoisotopic (exact) mass is 270 g/mol. The lowest BCUT2D eigenvalue weighted by Crippen LogP contribution is -2.55. The molecule has 2 amide bonds. The van der Waals surface area contributed by atoms with Crippen molar-refractivity contribution in [3.05, 3.63) is 0 Å². The van der Waals surface area contributed by atoms with Crippen LogP contribution in [0.4, 0.5) is 4.79 Å². The lowest BCUT2D eigenvalue weighted by molar-refractivity contribution is -0.142. The largest absolute Gasteiger partial charge is 0.480 e. The first-order chi connectivity index (χ1) is 8.87. The van der Waals surface area contributed by atoms with Gasteiger partial charge in [-0.05, 0) is 33.1 Å². The van der Waals surface area contributed by atoms with Crippen LogP contribution in [0.5, 0.6) is 0 Å². The van der Waals surface area contributed by atoms with Crippen LogP contribution >= 0.6 is 0 Å². The number of carbonyl (C=O) groups is 2. The SMILES string of the molecule is CCC(C)(C)NC(=O)N1CCCCCCC1C(=O)O. The summed E-state index contributed by atoms with van der Waals surface area (Å²) >= 11 is 0. The third kappa shape index (κ3) is 4.73. The van der Waals surface area contributed by atoms with Gasteiger partial charge >= 0.3 is 12.0 Å². The molecule has 0 bridgehead atoms. The van der Waals surface area contributed by atoms with E-state index < -0.39 is 12.0 Å². The van der Waals surface area contributed by atoms with Crippen LogP contribution in [0.1, 0.15) is 59.3 Å². The quantitative estimate of drug-likeness (QED) is 0.828. The van der Waals surface area contributed by atoms with Gasteiger partial charge in [0.25, 0.3) is 0 Å². The molecule has 0 aromatic rings. The van der Waals surface area contributed by atoms with Gasteiger partial charge in [-0.1, -0.05) is 26.2 Å². The van der Waals surface area contributed by atoms with E-state index in [1.54, 1.807) is 0 Å². The molecule has 1 aliphatic heterocycles. The fourth-order valence-electron chi connectivity index (χ4n) is 2.23. The van der Waals surface area contributed by atoms with Crippen LogP contribution in [0, 0.1) is 0 Å². The third-order valence-electron chi connectivity index (χ3n) is 3.88. The molecule has 1 fully saturated rings. The lowest BCUT2D eigenvalue weighted by atomic mass is 10.0. The summed E-state index contributed by atoms with van der Waals surface area (Å²) in [6, 6.07) is -0.936. The van der Waals surface area contributed by atoms with Crippen molar-refractivity contribution in [3.63, 3.8) is 0 Å². The van der Waals surface area contributed by atoms with Crippen molar-refractivity contribution in [3.8, 4) is 0 Å². The molecule has 0 aromatic carbocycles. The third-order valence-corrected chi connectivity index (χ3v) is 3.88. The Hall–Kier alpha value is -1.26. The number of aliphatic carboxylic acids is 1. The number of likely N-dealkylation sites (tertiary alicyclic amines) is 1. The lowest BCUT2D eigenvalue weighted by Gasteiger charge is -2.34. The zero-order valence-electron chi connectivity index (χ0n) is 12.2. The van der Waals surface area contributed by atoms with Crippen molar-refractivity contribution in [2.45, 2.75) is 70.9 Å². The molecule has 110 valence electrons. The van der Waals surface area contributed by atoms with Gasteiger partial charge < -0.3 is 15.3 Å². The molecule has 5 heteroatoms. The van der Waals surface area contributed by atoms with E-state index in [-0.39, 0.29) is 11.6 Å². The zero-order valence-corrected chi connectivity index (χ0v) is 12.2. The molecule has 1 heterocycles. The van der Waals surface area contributed by atoms with E-state index in [0.717, 1.165) is 32.1 Å². The van der Waals surface area contributed by atoms with Gasteiger partial charge in [-0.15, -0.1) is 0 Å². The van der Waals surface area contributed by atoms with Crippen molar-refractivity contribution in [2.75, 3.05) is 6.54 Å². The minimum Gasteiger partial charge on any atom is -0.480 e. The topological polar surface area (TPSA) is 69.6 Å². The van der Waals surface area contributed by atoms with Crippen LogP contribution in [0.15, 0.2) is 0 Å². The highest BCUT2D eigenvalue weighted by molar-refractivity contribution is 5.83. The van der Waals surface area contributed by atoms with Gasteiger partial charge in [0.1, 0.15) is 6.04 Å². The number of amides is 2. The highest BCUT2D eigenvalue weighted by Crippen LogP contribution is 2.18. The van der Waals surface area contributed by atoms with Gasteiger partial charge in [0.15, 0.2) is 0 Å². The minimum absolute atomic E-state index is 0.249. The van der Waals surface area contributed by atoms with Crippen molar-refractivity contribution in [2.24, 2.45) is 0 Å². The van der Waals surface area contributed by atoms with Gasteiger partial charge in [-0.3, -0.25) is 0 Å². The van der Waals surface area contributed by atoms with E-state index in [2.05, 4.69) is 5.32 Å². The number of rotatable bonds is 3. The summed E-state index contributed by atoms with van der Waals surface area (Å²) in [6.07, 6.45) is 5.23. The maximum Gasteiger partial charge on any atom is 0.326 e. The molecular formula is C14H26N2O3. The van der Waals surface area contributed by atoms with Crippen LogP contribution in [0.25, 0.3) is 0 Å². The first-order valence-corrected chi connectivity index (χ1v) is 7.19. The molecule has 5 nitrogen and oxygen atoms in total. The molecule has 0 aliphatic carbocycles. The zero-order chi connectivity index (χ0) is 14.5. The number of carboxylic acid groups (broad SMARTS) is 1. The van der Waals surface area contributed by atoms with Gasteiger partial charge in [0.05, 0.1) is 0 Å². The van der Waals surface area contributed by atoms with E-state index in [1.165, 1.54) is 4.90 Å². The molecule has 0 saturated carbocycles. The fraction of sp³-hybridized carbons (Fsp3) is 0.857. The van der Waals surface area contributed by atoms with Crippen LogP contribution in [0.3, 0.4) is 0 Å². The van der Waals surface area contributed by atoms with E-state index >= 15 is 0 Å². The summed E-state index contributed by atoms with van der Waals surface area (Å²) in [5.74, 6) is -0.897. The Morgan fingerprint density at radius 2 is 1.89 bits per heavy atom. The fourth-order valence-corrected chi connectivity index (χ4v) is 2.23. The Kier molecular flexibility index (Phi) is 5.63. The van der Waals surface area contributed by atoms with Gasteiger partial charge in [-0.25, -0.2) is 9.59 Å². The maximum absolute atomic E-state index is 12.3. The average molecular weight is 270 g/mol. The number of nitrogens with one attached hydrogen (secondary N) is 1. The maximum atomic E-state index is 12.3. The molecule has 19 heavy (non-hydrogen) atoms. The second-order valence-corrected chi connectivity index (χ2v) is 5.92. The first-order valence-electron chi connectivity index (χ1n) is 7.19. The summed E-state index contributed by atoms with van der Waals surface area (Å²) in [5.41, 5.74) is -0.303. The number of hydrogen-bond donors (Lipinski definition) is 2. The Labute approximate surface area is 115 Å². The molecule has 1 atom stereocenters. The smallest absolute Gasteiger partial charge is 0.326 e. The predicted molar refractivity (Wildman–Crippen MR) is 74.1 cm³/mol. The van der Waals surface area contributed by atoms with Crippen molar-refractivity contribution in [1.29, 1.82) is 0 Å². The average Bonchev–Trinajstić information content (AvgIpc) is 2.27. The molecule has 0 spiro atoms. The standard InChI is InChI=1S/C14H26N2O3/c1-4-14(2,3)15-13(19)16-10-8-6-5-7-9-11(16)12(17)18/h11H,4-10H2,1-3H3,(H,15,19)(H,17,18). The number of hydrogen-bond acceptors (Lipinski definition) is 2. The molecular weight excluding hydrogens is 244 g/mol. The highest BCUT2D eigenvalue weighted by Gasteiger charge is 2.32. The molecule has 2 N–H and O–H groups in total. The van der Waals surface area contributed by atoms with Gasteiger partial charge in [-0.2, -0.15) is 0 Å². The van der Waals surface area contributed by atoms with Crippen molar-refractivity contribution < 1.29 is 14.7 Å². The summed E-state index contributed by atoms with van der Waals surface area (Å²) in [5, 5.41) is 12.2. The second-order valence-electron chi connectivity index (χ2n) is 5.92. The highest BCUT2D eigenvalue weighted by atomic mass is 16.4. The summed E-state index contributed by atoms with van der Waals surface area (Å²) in [4.78, 5) is 25.2. The van der Waals surface area contributed by atoms with Crippen molar-refractivity contribution >= 4 is 12.0 Å². The number of urea groups is 1. The van der Waals surface area contributed by atoms with E-state index in [4.69, 9.17) is 0 Å². The Morgan fingerprint density at radius 3 is 2.47 bits per heavy atom. The normalized spacial score (nSPS) is 21.4.